The monoisotopic (exact) mass is 137 g/mol. The molecular formula is C10H17. The summed E-state index contributed by atoms with van der Waals surface area (Å²) in [5.41, 5.74) is 2.49. The quantitative estimate of drug-likeness (QED) is 0.520. The highest BCUT2D eigenvalue weighted by Gasteiger charge is 1.85. The molecule has 57 valence electrons. The molecule has 0 nitrogen and oxygen atoms in total. The molecule has 0 saturated carbocycles. The SMILES string of the molecule is [CH]=C(C)CCC=C(C)CC. The third-order valence-corrected chi connectivity index (χ3v) is 1.59. The summed E-state index contributed by atoms with van der Waals surface area (Å²) in [7, 11) is 0. The summed E-state index contributed by atoms with van der Waals surface area (Å²) in [5.74, 6) is 0. The lowest BCUT2D eigenvalue weighted by Gasteiger charge is -1.95. The van der Waals surface area contributed by atoms with Crippen molar-refractivity contribution >= 4 is 0 Å². The van der Waals surface area contributed by atoms with Gasteiger partial charge in [-0.15, -0.1) is 0 Å². The molecule has 0 bridgehead atoms. The molecular weight excluding hydrogens is 120 g/mol. The zero-order valence-corrected chi connectivity index (χ0v) is 7.28. The van der Waals surface area contributed by atoms with Gasteiger partial charge in [-0.25, -0.2) is 0 Å². The maximum absolute atomic E-state index is 5.51. The predicted octanol–water partition coefficient (Wildman–Crippen LogP) is 3.50. The molecule has 0 aliphatic carbocycles. The molecule has 0 N–H and O–H groups in total. The molecule has 0 saturated heterocycles. The number of allylic oxidation sites excluding steroid dienone is 3. The van der Waals surface area contributed by atoms with Crippen LogP contribution in [-0.4, -0.2) is 0 Å². The van der Waals surface area contributed by atoms with Crippen molar-refractivity contribution in [1.82, 2.24) is 0 Å². The molecule has 0 unspecified atom stereocenters. The lowest BCUT2D eigenvalue weighted by atomic mass is 10.1. The number of rotatable bonds is 4. The van der Waals surface area contributed by atoms with Gasteiger partial charge < -0.3 is 0 Å². The summed E-state index contributed by atoms with van der Waals surface area (Å²) in [6.07, 6.45) is 5.54. The van der Waals surface area contributed by atoms with Crippen LogP contribution in [0.15, 0.2) is 17.2 Å². The van der Waals surface area contributed by atoms with Crippen molar-refractivity contribution in [1.29, 1.82) is 0 Å². The minimum atomic E-state index is 1.03. The Morgan fingerprint density at radius 1 is 1.40 bits per heavy atom. The summed E-state index contributed by atoms with van der Waals surface area (Å²) < 4.78 is 0. The Balaban J connectivity index is 3.43. The van der Waals surface area contributed by atoms with Gasteiger partial charge in [0, 0.05) is 0 Å². The smallest absolute Gasteiger partial charge is 0.0285 e. The summed E-state index contributed by atoms with van der Waals surface area (Å²) in [4.78, 5) is 0. The fourth-order valence-corrected chi connectivity index (χ4v) is 0.691. The average molecular weight is 137 g/mol. The van der Waals surface area contributed by atoms with Gasteiger partial charge in [-0.1, -0.05) is 30.7 Å². The topological polar surface area (TPSA) is 0 Å². The Hall–Kier alpha value is -0.520. The molecule has 0 amide bonds. The fourth-order valence-electron chi connectivity index (χ4n) is 0.691. The molecule has 0 spiro atoms. The van der Waals surface area contributed by atoms with Gasteiger partial charge in [-0.05, 0) is 33.1 Å². The van der Waals surface area contributed by atoms with Crippen LogP contribution in [0.4, 0.5) is 0 Å². The van der Waals surface area contributed by atoms with Crippen LogP contribution in [0.1, 0.15) is 40.0 Å². The van der Waals surface area contributed by atoms with Crippen molar-refractivity contribution in [2.24, 2.45) is 0 Å². The van der Waals surface area contributed by atoms with Crippen molar-refractivity contribution < 1.29 is 0 Å². The van der Waals surface area contributed by atoms with Crippen molar-refractivity contribution in [3.05, 3.63) is 23.8 Å². The Kier molecular flexibility index (Phi) is 5.00. The normalized spacial score (nSPS) is 11.7. The van der Waals surface area contributed by atoms with Crippen LogP contribution in [0.2, 0.25) is 0 Å². The minimum absolute atomic E-state index is 1.03. The summed E-state index contributed by atoms with van der Waals surface area (Å²) >= 11 is 0. The molecule has 0 aliphatic heterocycles. The van der Waals surface area contributed by atoms with Crippen molar-refractivity contribution in [3.8, 4) is 0 Å². The molecule has 0 aromatic heterocycles. The van der Waals surface area contributed by atoms with Gasteiger partial charge in [-0.2, -0.15) is 0 Å². The third-order valence-electron chi connectivity index (χ3n) is 1.59. The molecule has 0 heterocycles. The van der Waals surface area contributed by atoms with E-state index in [4.69, 9.17) is 6.58 Å². The number of hydrogen-bond donors (Lipinski definition) is 0. The highest BCUT2D eigenvalue weighted by molar-refractivity contribution is 4.99. The Morgan fingerprint density at radius 3 is 2.40 bits per heavy atom. The van der Waals surface area contributed by atoms with E-state index in [1.165, 1.54) is 5.57 Å². The average Bonchev–Trinajstić information content (AvgIpc) is 1.87. The van der Waals surface area contributed by atoms with Crippen molar-refractivity contribution in [2.45, 2.75) is 40.0 Å². The first-order chi connectivity index (χ1) is 4.66. The van der Waals surface area contributed by atoms with E-state index in [2.05, 4.69) is 19.9 Å². The summed E-state index contributed by atoms with van der Waals surface area (Å²) in [6.45, 7) is 11.8. The molecule has 0 fully saturated rings. The highest BCUT2D eigenvalue weighted by atomic mass is 13.9. The maximum atomic E-state index is 5.51. The van der Waals surface area contributed by atoms with Gasteiger partial charge in [0.05, 0.1) is 0 Å². The van der Waals surface area contributed by atoms with Crippen molar-refractivity contribution in [2.75, 3.05) is 0 Å². The first-order valence-corrected chi connectivity index (χ1v) is 3.90. The molecule has 0 aromatic rings. The van der Waals surface area contributed by atoms with E-state index in [1.54, 1.807) is 0 Å². The standard InChI is InChI=1S/C10H17/c1-5-10(4)8-6-7-9(2)3/h2,8H,5-7H2,1,3-4H3. The first kappa shape index (κ1) is 9.48. The molecule has 0 rings (SSSR count). The zero-order valence-electron chi connectivity index (χ0n) is 7.28. The third kappa shape index (κ3) is 5.61. The molecule has 0 heteroatoms. The molecule has 1 radical (unpaired) electrons. The van der Waals surface area contributed by atoms with Gasteiger partial charge in [0.2, 0.25) is 0 Å². The van der Waals surface area contributed by atoms with Crippen LogP contribution >= 0.6 is 0 Å². The largest absolute Gasteiger partial charge is 0.0853 e. The highest BCUT2D eigenvalue weighted by Crippen LogP contribution is 2.05. The van der Waals surface area contributed by atoms with E-state index < -0.39 is 0 Å². The Bertz CT molecular complexity index is 129. The predicted molar refractivity (Wildman–Crippen MR) is 46.8 cm³/mol. The van der Waals surface area contributed by atoms with Crippen LogP contribution in [-0.2, 0) is 0 Å². The zero-order chi connectivity index (χ0) is 7.98. The van der Waals surface area contributed by atoms with Crippen LogP contribution in [0.25, 0.3) is 0 Å². The Morgan fingerprint density at radius 2 is 2.00 bits per heavy atom. The second-order valence-electron chi connectivity index (χ2n) is 2.79. The number of hydrogen-bond acceptors (Lipinski definition) is 0. The van der Waals surface area contributed by atoms with Crippen LogP contribution in [0.3, 0.4) is 0 Å². The second-order valence-corrected chi connectivity index (χ2v) is 2.79. The van der Waals surface area contributed by atoms with Crippen molar-refractivity contribution in [3.63, 3.8) is 0 Å². The second kappa shape index (κ2) is 5.28. The van der Waals surface area contributed by atoms with Gasteiger partial charge in [-0.3, -0.25) is 0 Å². The van der Waals surface area contributed by atoms with E-state index >= 15 is 0 Å². The van der Waals surface area contributed by atoms with E-state index in [1.807, 2.05) is 6.92 Å². The van der Waals surface area contributed by atoms with E-state index in [0.29, 0.717) is 0 Å². The van der Waals surface area contributed by atoms with Gasteiger partial charge in [0.15, 0.2) is 0 Å². The first-order valence-electron chi connectivity index (χ1n) is 3.90. The van der Waals surface area contributed by atoms with Crippen LogP contribution < -0.4 is 0 Å². The van der Waals surface area contributed by atoms with E-state index in [0.717, 1.165) is 24.8 Å². The van der Waals surface area contributed by atoms with Crippen LogP contribution in [0, 0.1) is 6.58 Å². The molecule has 0 atom stereocenters. The van der Waals surface area contributed by atoms with Gasteiger partial charge in [0.1, 0.15) is 0 Å². The lowest BCUT2D eigenvalue weighted by Crippen LogP contribution is -1.75. The summed E-state index contributed by atoms with van der Waals surface area (Å²) in [5, 5.41) is 0. The molecule has 0 aromatic carbocycles. The maximum Gasteiger partial charge on any atom is -0.0285 e. The van der Waals surface area contributed by atoms with Gasteiger partial charge in [0.25, 0.3) is 0 Å². The van der Waals surface area contributed by atoms with E-state index in [-0.39, 0.29) is 0 Å². The fraction of sp³-hybridized carbons (Fsp3) is 0.600. The van der Waals surface area contributed by atoms with Crippen LogP contribution in [0.5, 0.6) is 0 Å². The summed E-state index contributed by atoms with van der Waals surface area (Å²) in [6, 6.07) is 0. The lowest BCUT2D eigenvalue weighted by molar-refractivity contribution is 0.952. The van der Waals surface area contributed by atoms with E-state index in [9.17, 15) is 0 Å². The van der Waals surface area contributed by atoms with Gasteiger partial charge >= 0.3 is 0 Å². The molecule has 10 heavy (non-hydrogen) atoms. The Labute approximate surface area is 64.6 Å². The minimum Gasteiger partial charge on any atom is -0.0853 e. The molecule has 0 aliphatic rings.